The van der Waals surface area contributed by atoms with E-state index in [-0.39, 0.29) is 11.8 Å². The van der Waals surface area contributed by atoms with Crippen molar-refractivity contribution < 1.29 is 9.32 Å². The number of H-pyrrole nitrogens is 1. The maximum absolute atomic E-state index is 12.3. The summed E-state index contributed by atoms with van der Waals surface area (Å²) in [5.41, 5.74) is 3.55. The van der Waals surface area contributed by atoms with Crippen molar-refractivity contribution in [3.05, 3.63) is 60.5 Å². The Morgan fingerprint density at radius 2 is 2.18 bits per heavy atom. The summed E-state index contributed by atoms with van der Waals surface area (Å²) in [6.07, 6.45) is 4.57. The lowest BCUT2D eigenvalue weighted by Crippen LogP contribution is -2.38. The Labute approximate surface area is 160 Å². The lowest BCUT2D eigenvalue weighted by atomic mass is 9.97. The van der Waals surface area contributed by atoms with Crippen LogP contribution in [0.25, 0.3) is 22.4 Å². The average Bonchev–Trinajstić information content (AvgIpc) is 3.39. The zero-order chi connectivity index (χ0) is 18.9. The van der Waals surface area contributed by atoms with E-state index in [1.165, 1.54) is 0 Å². The van der Waals surface area contributed by atoms with E-state index in [9.17, 15) is 4.79 Å². The number of carbonyl (C=O) groups is 1. The molecule has 4 aromatic rings. The van der Waals surface area contributed by atoms with Crippen molar-refractivity contribution in [2.75, 3.05) is 6.54 Å². The summed E-state index contributed by atoms with van der Waals surface area (Å²) in [4.78, 5) is 30.4. The Balaban J connectivity index is 1.35. The van der Waals surface area contributed by atoms with Gasteiger partial charge in [-0.2, -0.15) is 4.98 Å². The van der Waals surface area contributed by atoms with Gasteiger partial charge in [-0.3, -0.25) is 9.78 Å². The van der Waals surface area contributed by atoms with Crippen LogP contribution in [0.15, 0.2) is 53.4 Å². The second kappa shape index (κ2) is 6.88. The number of rotatable bonds is 4. The van der Waals surface area contributed by atoms with E-state index in [4.69, 9.17) is 4.52 Å². The van der Waals surface area contributed by atoms with Gasteiger partial charge < -0.3 is 14.4 Å². The van der Waals surface area contributed by atoms with Gasteiger partial charge in [-0.1, -0.05) is 11.2 Å². The van der Waals surface area contributed by atoms with Gasteiger partial charge in [-0.05, 0) is 36.8 Å². The lowest BCUT2D eigenvalue weighted by molar-refractivity contribution is -0.134. The molecule has 1 unspecified atom stereocenters. The van der Waals surface area contributed by atoms with Gasteiger partial charge >= 0.3 is 0 Å². The summed E-state index contributed by atoms with van der Waals surface area (Å²) in [5, 5.41) is 4.14. The van der Waals surface area contributed by atoms with Crippen LogP contribution in [-0.4, -0.2) is 42.4 Å². The second-order valence-electron chi connectivity index (χ2n) is 6.92. The van der Waals surface area contributed by atoms with Crippen LogP contribution in [0.3, 0.4) is 0 Å². The predicted octanol–water partition coefficient (Wildman–Crippen LogP) is 2.91. The number of amides is 1. The molecule has 28 heavy (non-hydrogen) atoms. The minimum atomic E-state index is 0.0264. The Bertz CT molecular complexity index is 1120. The highest BCUT2D eigenvalue weighted by atomic mass is 16.5. The molecule has 0 spiro atoms. The number of pyridine rings is 1. The molecule has 4 heterocycles. The Morgan fingerprint density at radius 3 is 3.07 bits per heavy atom. The largest absolute Gasteiger partial charge is 0.345 e. The highest BCUT2D eigenvalue weighted by molar-refractivity contribution is 5.80. The molecule has 0 aliphatic carbocycles. The molecule has 1 fully saturated rings. The zero-order valence-electron chi connectivity index (χ0n) is 15.1. The number of likely N-dealkylation sites (tertiary alicyclic amines) is 1. The number of aromatic amines is 1. The third kappa shape index (κ3) is 3.13. The molecule has 1 N–H and O–H groups in total. The highest BCUT2D eigenvalue weighted by Crippen LogP contribution is 2.29. The molecule has 5 rings (SSSR count). The van der Waals surface area contributed by atoms with Gasteiger partial charge in [0.1, 0.15) is 0 Å². The number of nitrogens with one attached hydrogen (secondary N) is 1. The fraction of sp³-hybridized carbons (Fsp3) is 0.250. The predicted molar refractivity (Wildman–Crippen MR) is 101 cm³/mol. The first-order valence-electron chi connectivity index (χ1n) is 9.21. The molecule has 0 radical (unpaired) electrons. The van der Waals surface area contributed by atoms with E-state index in [1.54, 1.807) is 12.5 Å². The van der Waals surface area contributed by atoms with Crippen molar-refractivity contribution >= 4 is 16.9 Å². The minimum Gasteiger partial charge on any atom is -0.345 e. The highest BCUT2D eigenvalue weighted by Gasteiger charge is 2.30. The summed E-state index contributed by atoms with van der Waals surface area (Å²) in [6, 6.07) is 11.5. The molecular formula is C20H18N6O2. The van der Waals surface area contributed by atoms with E-state index < -0.39 is 0 Å². The number of fused-ring (bicyclic) bond motifs is 1. The maximum atomic E-state index is 12.3. The normalized spacial score (nSPS) is 17.4. The summed E-state index contributed by atoms with van der Waals surface area (Å²) < 4.78 is 5.55. The second-order valence-corrected chi connectivity index (χ2v) is 6.92. The molecule has 1 atom stereocenters. The van der Waals surface area contributed by atoms with Crippen molar-refractivity contribution in [2.24, 2.45) is 0 Å². The van der Waals surface area contributed by atoms with Crippen LogP contribution in [-0.2, 0) is 11.3 Å². The van der Waals surface area contributed by atoms with Crippen molar-refractivity contribution in [2.45, 2.75) is 25.3 Å². The van der Waals surface area contributed by atoms with Crippen LogP contribution < -0.4 is 0 Å². The van der Waals surface area contributed by atoms with E-state index in [0.717, 1.165) is 22.3 Å². The summed E-state index contributed by atoms with van der Waals surface area (Å²) in [6.45, 7) is 1.05. The van der Waals surface area contributed by atoms with Crippen LogP contribution in [0.2, 0.25) is 0 Å². The standard InChI is InChI=1S/C20H18N6O2/c27-18-7-5-14(10-26(18)11-15-3-1-2-8-21-15)20-24-19(25-28-20)13-4-6-16-17(9-13)23-12-22-16/h1-4,6,8-9,12,14H,5,7,10-11H2,(H,22,23). The molecule has 0 bridgehead atoms. The van der Waals surface area contributed by atoms with Gasteiger partial charge in [0.25, 0.3) is 0 Å². The van der Waals surface area contributed by atoms with Crippen molar-refractivity contribution in [3.8, 4) is 11.4 Å². The first kappa shape index (κ1) is 16.6. The topological polar surface area (TPSA) is 101 Å². The van der Waals surface area contributed by atoms with Gasteiger partial charge in [-0.15, -0.1) is 0 Å². The third-order valence-corrected chi connectivity index (χ3v) is 5.05. The molecule has 0 saturated carbocycles. The van der Waals surface area contributed by atoms with Crippen LogP contribution >= 0.6 is 0 Å². The van der Waals surface area contributed by atoms with Crippen molar-refractivity contribution in [1.82, 2.24) is 30.0 Å². The van der Waals surface area contributed by atoms with Crippen LogP contribution in [0.5, 0.6) is 0 Å². The van der Waals surface area contributed by atoms with Gasteiger partial charge in [0.15, 0.2) is 0 Å². The molecule has 3 aromatic heterocycles. The Hall–Kier alpha value is -3.55. The maximum Gasteiger partial charge on any atom is 0.231 e. The zero-order valence-corrected chi connectivity index (χ0v) is 15.1. The van der Waals surface area contributed by atoms with E-state index >= 15 is 0 Å². The molecule has 1 aliphatic rings. The van der Waals surface area contributed by atoms with Crippen LogP contribution in [0.1, 0.15) is 30.3 Å². The summed E-state index contributed by atoms with van der Waals surface area (Å²) in [5.74, 6) is 1.27. The summed E-state index contributed by atoms with van der Waals surface area (Å²) in [7, 11) is 0. The van der Waals surface area contributed by atoms with E-state index in [0.29, 0.717) is 37.6 Å². The van der Waals surface area contributed by atoms with Crippen LogP contribution in [0, 0.1) is 0 Å². The quantitative estimate of drug-likeness (QED) is 0.589. The number of hydrogen-bond acceptors (Lipinski definition) is 6. The smallest absolute Gasteiger partial charge is 0.231 e. The molecule has 1 aromatic carbocycles. The number of benzene rings is 1. The number of hydrogen-bond donors (Lipinski definition) is 1. The average molecular weight is 374 g/mol. The van der Waals surface area contributed by atoms with Gasteiger partial charge in [0, 0.05) is 24.7 Å². The number of imidazole rings is 1. The van der Waals surface area contributed by atoms with Crippen molar-refractivity contribution in [1.29, 1.82) is 0 Å². The minimum absolute atomic E-state index is 0.0264. The number of nitrogens with zero attached hydrogens (tertiary/aromatic N) is 5. The van der Waals surface area contributed by atoms with Gasteiger partial charge in [0.05, 0.1) is 35.5 Å². The van der Waals surface area contributed by atoms with Crippen LogP contribution in [0.4, 0.5) is 0 Å². The third-order valence-electron chi connectivity index (χ3n) is 5.05. The molecule has 1 amide bonds. The molecule has 8 heteroatoms. The summed E-state index contributed by atoms with van der Waals surface area (Å²) >= 11 is 0. The number of piperidine rings is 1. The molecular weight excluding hydrogens is 356 g/mol. The number of carbonyl (C=O) groups excluding carboxylic acids is 1. The SMILES string of the molecule is O=C1CCC(c2nc(-c3ccc4nc[nH]c4c3)no2)CN1Cc1ccccn1. The van der Waals surface area contributed by atoms with Crippen molar-refractivity contribution in [3.63, 3.8) is 0 Å². The first-order chi connectivity index (χ1) is 13.8. The molecule has 1 aliphatic heterocycles. The van der Waals surface area contributed by atoms with Gasteiger partial charge in [0.2, 0.25) is 17.6 Å². The Morgan fingerprint density at radius 1 is 1.21 bits per heavy atom. The molecule has 1 saturated heterocycles. The monoisotopic (exact) mass is 374 g/mol. The number of aromatic nitrogens is 5. The van der Waals surface area contributed by atoms with Gasteiger partial charge in [-0.25, -0.2) is 4.98 Å². The fourth-order valence-electron chi connectivity index (χ4n) is 3.55. The molecule has 140 valence electrons. The van der Waals surface area contributed by atoms with E-state index in [1.807, 2.05) is 41.3 Å². The fourth-order valence-corrected chi connectivity index (χ4v) is 3.55. The van der Waals surface area contributed by atoms with E-state index in [2.05, 4.69) is 25.1 Å². The first-order valence-corrected chi connectivity index (χ1v) is 9.21. The lowest BCUT2D eigenvalue weighted by Gasteiger charge is -2.30. The Kier molecular flexibility index (Phi) is 4.08. The molecule has 8 nitrogen and oxygen atoms in total.